The highest BCUT2D eigenvalue weighted by Crippen LogP contribution is 2.60. The molecule has 0 bridgehead atoms. The molecule has 0 aliphatic rings. The highest BCUT2D eigenvalue weighted by atomic mass is 19.4. The first kappa shape index (κ1) is 37.8. The number of allylic oxidation sites excluding steroid dienone is 4. The second-order valence-corrected chi connectivity index (χ2v) is 7.30. The molecule has 0 aromatic heterocycles. The highest BCUT2D eigenvalue weighted by molar-refractivity contribution is 5.26. The zero-order valence-corrected chi connectivity index (χ0v) is 17.7. The molecule has 0 aliphatic carbocycles. The Labute approximate surface area is 203 Å². The van der Waals surface area contributed by atoms with E-state index in [1.54, 1.807) is 0 Å². The lowest BCUT2D eigenvalue weighted by Crippen LogP contribution is -2.67. The molecule has 1 nitrogen and oxygen atoms in total. The van der Waals surface area contributed by atoms with Gasteiger partial charge in [0.05, 0.1) is 0 Å². The minimum absolute atomic E-state index is 2.09. The third kappa shape index (κ3) is 5.27. The number of hydrogen-bond donors (Lipinski definition) is 1. The second kappa shape index (κ2) is 10.3. The zero-order valence-electron chi connectivity index (χ0n) is 17.7. The molecule has 0 aliphatic heterocycles. The van der Waals surface area contributed by atoms with Crippen LogP contribution in [-0.4, -0.2) is 71.2 Å². The third-order valence-corrected chi connectivity index (χ3v) is 4.58. The van der Waals surface area contributed by atoms with Crippen molar-refractivity contribution in [2.45, 2.75) is 65.9 Å². The fourth-order valence-electron chi connectivity index (χ4n) is 2.15. The Kier molecular flexibility index (Phi) is 9.72. The molecular formula is C16H7F23O. The number of aliphatic hydroxyl groups excluding tert-OH is 1. The third-order valence-electron chi connectivity index (χ3n) is 4.58. The molecule has 0 atom stereocenters. The van der Waals surface area contributed by atoms with Crippen LogP contribution in [0.5, 0.6) is 0 Å². The molecular weight excluding hydrogens is 645 g/mol. The van der Waals surface area contributed by atoms with Gasteiger partial charge in [0.2, 0.25) is 0 Å². The zero-order chi connectivity index (χ0) is 33.0. The average Bonchev–Trinajstić information content (AvgIpc) is 2.75. The summed E-state index contributed by atoms with van der Waals surface area (Å²) in [7, 11) is 0. The maximum Gasteiger partial charge on any atom is 0.460 e. The molecule has 0 heterocycles. The SMILES string of the molecule is OCCC(F)(F)C(F)(F)C(F)(F)C(F)(F)C(F)(F)C(F)=CC=C(F)C(F)(F)C(F)(F)C(F)(F)C(F)(F)C(F)(F)F. The Morgan fingerprint density at radius 1 is 0.425 bits per heavy atom. The fourth-order valence-corrected chi connectivity index (χ4v) is 2.15. The molecule has 0 rings (SSSR count). The standard InChI is InChI=1S/C16H7F23O/c17-5(8(21,22)11(27,28)13(31,32)10(25,26)7(19,20)3-4-40)1-2-6(18)9(23,24)12(29,30)14(33,34)15(35,36)16(37,38)39/h1-2,40H,3-4H2. The van der Waals surface area contributed by atoms with E-state index in [1.807, 2.05) is 0 Å². The van der Waals surface area contributed by atoms with Crippen LogP contribution in [0.1, 0.15) is 6.42 Å². The van der Waals surface area contributed by atoms with Crippen molar-refractivity contribution < 1.29 is 106 Å². The van der Waals surface area contributed by atoms with Gasteiger partial charge in [0, 0.05) is 13.0 Å². The lowest BCUT2D eigenvalue weighted by atomic mass is 9.92. The maximum atomic E-state index is 13.5. The number of hydrogen-bond acceptors (Lipinski definition) is 1. The molecule has 238 valence electrons. The Bertz CT molecular complexity index is 968. The summed E-state index contributed by atoms with van der Waals surface area (Å²) in [6.45, 7) is -2.17. The normalized spacial score (nSPS) is 17.0. The van der Waals surface area contributed by atoms with Crippen LogP contribution in [0, 0.1) is 0 Å². The lowest BCUT2D eigenvalue weighted by Gasteiger charge is -2.39. The molecule has 1 N–H and O–H groups in total. The Hall–Kier alpha value is -2.17. The number of rotatable bonds is 12. The lowest BCUT2D eigenvalue weighted by molar-refractivity contribution is -0.419. The molecule has 0 radical (unpaired) electrons. The highest BCUT2D eigenvalue weighted by Gasteiger charge is 2.88. The molecule has 0 unspecified atom stereocenters. The van der Waals surface area contributed by atoms with Crippen LogP contribution >= 0.6 is 0 Å². The summed E-state index contributed by atoms with van der Waals surface area (Å²) in [5.41, 5.74) is 0. The van der Waals surface area contributed by atoms with Gasteiger partial charge in [-0.05, 0) is 12.2 Å². The van der Waals surface area contributed by atoms with Crippen molar-refractivity contribution >= 4 is 0 Å². The van der Waals surface area contributed by atoms with Gasteiger partial charge in [-0.1, -0.05) is 0 Å². The van der Waals surface area contributed by atoms with Crippen molar-refractivity contribution in [1.82, 2.24) is 0 Å². The second-order valence-electron chi connectivity index (χ2n) is 7.30. The molecule has 40 heavy (non-hydrogen) atoms. The van der Waals surface area contributed by atoms with E-state index in [4.69, 9.17) is 5.11 Å². The van der Waals surface area contributed by atoms with E-state index in [1.165, 1.54) is 0 Å². The molecule has 0 amide bonds. The summed E-state index contributed by atoms with van der Waals surface area (Å²) < 4.78 is 301. The van der Waals surface area contributed by atoms with Crippen LogP contribution in [0.15, 0.2) is 23.8 Å². The van der Waals surface area contributed by atoms with Crippen LogP contribution in [0.4, 0.5) is 101 Å². The van der Waals surface area contributed by atoms with Crippen molar-refractivity contribution in [2.75, 3.05) is 6.61 Å². The van der Waals surface area contributed by atoms with Crippen LogP contribution < -0.4 is 0 Å². The van der Waals surface area contributed by atoms with Gasteiger partial charge in [-0.15, -0.1) is 0 Å². The van der Waals surface area contributed by atoms with Crippen LogP contribution in [-0.2, 0) is 0 Å². The first-order valence-corrected chi connectivity index (χ1v) is 8.93. The van der Waals surface area contributed by atoms with Crippen LogP contribution in [0.2, 0.25) is 0 Å². The Morgan fingerprint density at radius 2 is 0.700 bits per heavy atom. The summed E-state index contributed by atoms with van der Waals surface area (Å²) in [6.07, 6.45) is -14.8. The molecule has 0 spiro atoms. The molecule has 0 aromatic rings. The molecule has 0 fully saturated rings. The van der Waals surface area contributed by atoms with Crippen molar-refractivity contribution in [3.05, 3.63) is 23.8 Å². The first-order valence-electron chi connectivity index (χ1n) is 8.93. The topological polar surface area (TPSA) is 20.2 Å². The molecule has 0 saturated heterocycles. The number of halogens is 23. The van der Waals surface area contributed by atoms with E-state index < -0.39 is 96.3 Å². The summed E-state index contributed by atoms with van der Waals surface area (Å²) in [4.78, 5) is 0. The van der Waals surface area contributed by atoms with E-state index in [0.29, 0.717) is 0 Å². The summed E-state index contributed by atoms with van der Waals surface area (Å²) >= 11 is 0. The monoisotopic (exact) mass is 652 g/mol. The first-order chi connectivity index (χ1) is 17.1. The van der Waals surface area contributed by atoms with E-state index in [9.17, 15) is 101 Å². The van der Waals surface area contributed by atoms with E-state index in [2.05, 4.69) is 0 Å². The smallest absolute Gasteiger partial charge is 0.396 e. The van der Waals surface area contributed by atoms with E-state index in [0.717, 1.165) is 0 Å². The van der Waals surface area contributed by atoms with Gasteiger partial charge >= 0.3 is 59.5 Å². The molecule has 0 aromatic carbocycles. The van der Waals surface area contributed by atoms with Gasteiger partial charge in [-0.2, -0.15) is 92.2 Å². The number of aliphatic hydroxyl groups is 1. The van der Waals surface area contributed by atoms with Crippen molar-refractivity contribution in [2.24, 2.45) is 0 Å². The number of alkyl halides is 21. The molecule has 0 saturated carbocycles. The van der Waals surface area contributed by atoms with Crippen molar-refractivity contribution in [1.29, 1.82) is 0 Å². The predicted octanol–water partition coefficient (Wildman–Crippen LogP) is 8.36. The summed E-state index contributed by atoms with van der Waals surface area (Å²) in [5, 5.41) is 8.10. The largest absolute Gasteiger partial charge is 0.460 e. The van der Waals surface area contributed by atoms with Gasteiger partial charge in [0.15, 0.2) is 11.7 Å². The molecule has 24 heteroatoms. The van der Waals surface area contributed by atoms with Crippen molar-refractivity contribution in [3.8, 4) is 0 Å². The Balaban J connectivity index is 6.75. The van der Waals surface area contributed by atoms with Gasteiger partial charge in [0.1, 0.15) is 0 Å². The summed E-state index contributed by atoms with van der Waals surface area (Å²) in [6, 6.07) is 0. The van der Waals surface area contributed by atoms with E-state index in [-0.39, 0.29) is 0 Å². The summed E-state index contributed by atoms with van der Waals surface area (Å²) in [5.74, 6) is -79.3. The Morgan fingerprint density at radius 3 is 0.950 bits per heavy atom. The van der Waals surface area contributed by atoms with E-state index >= 15 is 0 Å². The van der Waals surface area contributed by atoms with Gasteiger partial charge in [0.25, 0.3) is 0 Å². The van der Waals surface area contributed by atoms with Gasteiger partial charge < -0.3 is 5.11 Å². The minimum Gasteiger partial charge on any atom is -0.396 e. The quantitative estimate of drug-likeness (QED) is 0.166. The van der Waals surface area contributed by atoms with Crippen LogP contribution in [0.25, 0.3) is 0 Å². The maximum absolute atomic E-state index is 13.5. The fraction of sp³-hybridized carbons (Fsp3) is 0.750. The van der Waals surface area contributed by atoms with Gasteiger partial charge in [-0.25, -0.2) is 8.78 Å². The minimum atomic E-state index is -8.31. The van der Waals surface area contributed by atoms with Crippen molar-refractivity contribution in [3.63, 3.8) is 0 Å². The van der Waals surface area contributed by atoms with Gasteiger partial charge in [-0.3, -0.25) is 0 Å². The van der Waals surface area contributed by atoms with Crippen LogP contribution in [0.3, 0.4) is 0 Å². The average molecular weight is 652 g/mol. The predicted molar refractivity (Wildman–Crippen MR) is 80.7 cm³/mol.